The third-order valence-corrected chi connectivity index (χ3v) is 4.34. The molecular weight excluding hydrogens is 300 g/mol. The van der Waals surface area contributed by atoms with E-state index in [1.54, 1.807) is 7.05 Å². The van der Waals surface area contributed by atoms with Gasteiger partial charge in [0.15, 0.2) is 0 Å². The normalized spacial score (nSPS) is 19.6. The molecule has 1 unspecified atom stereocenters. The molecule has 0 radical (unpaired) electrons. The number of carbonyl (C=O) groups excluding carboxylic acids is 2. The van der Waals surface area contributed by atoms with E-state index in [2.05, 4.69) is 5.32 Å². The van der Waals surface area contributed by atoms with Crippen LogP contribution in [0.2, 0.25) is 0 Å². The summed E-state index contributed by atoms with van der Waals surface area (Å²) in [5, 5.41) is 3.29. The van der Waals surface area contributed by atoms with Gasteiger partial charge in [0.25, 0.3) is 11.7 Å². The highest BCUT2D eigenvalue weighted by atomic mass is 16.2. The van der Waals surface area contributed by atoms with Crippen molar-refractivity contribution in [3.63, 3.8) is 0 Å². The Morgan fingerprint density at radius 3 is 2.21 bits per heavy atom. The summed E-state index contributed by atoms with van der Waals surface area (Å²) in [4.78, 5) is 26.2. The summed E-state index contributed by atoms with van der Waals surface area (Å²) in [6, 6.07) is 19.3. The first-order valence-electron chi connectivity index (χ1n) is 7.94. The molecule has 0 bridgehead atoms. The van der Waals surface area contributed by atoms with Gasteiger partial charge in [-0.15, -0.1) is 0 Å². The second-order valence-corrected chi connectivity index (χ2v) is 5.94. The predicted molar refractivity (Wildman–Crippen MR) is 92.9 cm³/mol. The number of rotatable bonds is 4. The topological polar surface area (TPSA) is 49.4 Å². The van der Waals surface area contributed by atoms with Crippen LogP contribution in [0, 0.1) is 0 Å². The molecule has 3 rings (SSSR count). The molecule has 2 aromatic carbocycles. The molecule has 1 saturated heterocycles. The summed E-state index contributed by atoms with van der Waals surface area (Å²) in [5.41, 5.74) is 3.34. The minimum absolute atomic E-state index is 0.338. The number of hydrogen-bond acceptors (Lipinski definition) is 3. The SMILES string of the molecule is C/C(NCc1ccccc1)=C1/C(=O)C(=O)N(C)C1c1ccccc1. The molecule has 1 atom stereocenters. The van der Waals surface area contributed by atoms with Gasteiger partial charge in [-0.2, -0.15) is 0 Å². The van der Waals surface area contributed by atoms with E-state index in [1.165, 1.54) is 4.90 Å². The number of allylic oxidation sites excluding steroid dienone is 1. The number of likely N-dealkylation sites (tertiary alicyclic amines) is 1. The van der Waals surface area contributed by atoms with Crippen LogP contribution in [0.15, 0.2) is 71.9 Å². The number of Topliss-reactive ketones (excluding diaryl/α,β-unsaturated/α-hetero) is 1. The first-order chi connectivity index (χ1) is 11.6. The lowest BCUT2D eigenvalue weighted by Crippen LogP contribution is -2.24. The molecule has 1 fully saturated rings. The van der Waals surface area contributed by atoms with Crippen molar-refractivity contribution in [2.45, 2.75) is 19.5 Å². The standard InChI is InChI=1S/C20H20N2O2/c1-14(21-13-15-9-5-3-6-10-15)17-18(16-11-7-4-8-12-16)22(2)20(24)19(17)23/h3-12,18,21H,13H2,1-2H3/b17-14-. The zero-order valence-corrected chi connectivity index (χ0v) is 13.8. The molecule has 0 spiro atoms. The van der Waals surface area contributed by atoms with E-state index in [0.717, 1.165) is 16.8 Å². The summed E-state index contributed by atoms with van der Waals surface area (Å²) in [6.45, 7) is 2.47. The highest BCUT2D eigenvalue weighted by Crippen LogP contribution is 2.35. The average molecular weight is 320 g/mol. The number of nitrogens with one attached hydrogen (secondary N) is 1. The van der Waals surface area contributed by atoms with Gasteiger partial charge in [0.1, 0.15) is 0 Å². The maximum absolute atomic E-state index is 12.5. The molecule has 4 heteroatoms. The van der Waals surface area contributed by atoms with Gasteiger partial charge >= 0.3 is 0 Å². The van der Waals surface area contributed by atoms with E-state index in [9.17, 15) is 9.59 Å². The average Bonchev–Trinajstić information content (AvgIpc) is 2.85. The maximum Gasteiger partial charge on any atom is 0.295 e. The van der Waals surface area contributed by atoms with E-state index in [-0.39, 0.29) is 6.04 Å². The summed E-state index contributed by atoms with van der Waals surface area (Å²) >= 11 is 0. The van der Waals surface area contributed by atoms with Crippen LogP contribution in [-0.2, 0) is 16.1 Å². The Morgan fingerprint density at radius 2 is 1.58 bits per heavy atom. The lowest BCUT2D eigenvalue weighted by atomic mass is 9.97. The van der Waals surface area contributed by atoms with Gasteiger partial charge in [-0.25, -0.2) is 0 Å². The van der Waals surface area contributed by atoms with Crippen LogP contribution in [0.1, 0.15) is 24.1 Å². The molecule has 0 aliphatic carbocycles. The van der Waals surface area contributed by atoms with Crippen LogP contribution in [0.25, 0.3) is 0 Å². The van der Waals surface area contributed by atoms with E-state index in [1.807, 2.05) is 67.6 Å². The van der Waals surface area contributed by atoms with Gasteiger partial charge < -0.3 is 10.2 Å². The van der Waals surface area contributed by atoms with E-state index in [4.69, 9.17) is 0 Å². The molecule has 0 aromatic heterocycles. The third kappa shape index (κ3) is 2.95. The molecule has 1 N–H and O–H groups in total. The van der Waals surface area contributed by atoms with Gasteiger partial charge in [0.05, 0.1) is 11.6 Å². The highest BCUT2D eigenvalue weighted by Gasteiger charge is 2.42. The lowest BCUT2D eigenvalue weighted by molar-refractivity contribution is -0.139. The maximum atomic E-state index is 12.5. The Morgan fingerprint density at radius 1 is 1.00 bits per heavy atom. The van der Waals surface area contributed by atoms with Crippen molar-refractivity contribution in [2.24, 2.45) is 0 Å². The number of benzene rings is 2. The number of hydrogen-bond donors (Lipinski definition) is 1. The highest BCUT2D eigenvalue weighted by molar-refractivity contribution is 6.45. The van der Waals surface area contributed by atoms with Gasteiger partial charge in [-0.1, -0.05) is 60.7 Å². The second-order valence-electron chi connectivity index (χ2n) is 5.94. The van der Waals surface area contributed by atoms with Gasteiger partial charge in [-0.3, -0.25) is 9.59 Å². The molecule has 1 aliphatic heterocycles. The third-order valence-electron chi connectivity index (χ3n) is 4.34. The molecule has 1 amide bonds. The summed E-state index contributed by atoms with van der Waals surface area (Å²) < 4.78 is 0. The van der Waals surface area contributed by atoms with E-state index < -0.39 is 11.7 Å². The fourth-order valence-electron chi connectivity index (χ4n) is 3.04. The van der Waals surface area contributed by atoms with E-state index >= 15 is 0 Å². The van der Waals surface area contributed by atoms with Crippen molar-refractivity contribution in [1.29, 1.82) is 0 Å². The minimum Gasteiger partial charge on any atom is -0.384 e. The molecule has 2 aromatic rings. The molecule has 0 saturated carbocycles. The van der Waals surface area contributed by atoms with Crippen molar-refractivity contribution < 1.29 is 9.59 Å². The first kappa shape index (κ1) is 16.0. The number of ketones is 1. The summed E-state index contributed by atoms with van der Waals surface area (Å²) in [7, 11) is 1.68. The minimum atomic E-state index is -0.459. The number of likely N-dealkylation sites (N-methyl/N-ethyl adjacent to an activating group) is 1. The largest absolute Gasteiger partial charge is 0.384 e. The molecule has 4 nitrogen and oxygen atoms in total. The molecule has 24 heavy (non-hydrogen) atoms. The Bertz CT molecular complexity index is 782. The summed E-state index contributed by atoms with van der Waals surface area (Å²) in [5.74, 6) is -0.885. The molecule has 1 heterocycles. The Kier molecular flexibility index (Phi) is 4.47. The zero-order chi connectivity index (χ0) is 17.1. The predicted octanol–water partition coefficient (Wildman–Crippen LogP) is 2.83. The van der Waals surface area contributed by atoms with Crippen molar-refractivity contribution in [1.82, 2.24) is 10.2 Å². The van der Waals surface area contributed by atoms with Crippen molar-refractivity contribution >= 4 is 11.7 Å². The molecular formula is C20H20N2O2. The van der Waals surface area contributed by atoms with Crippen molar-refractivity contribution in [3.05, 3.63) is 83.1 Å². The number of carbonyl (C=O) groups is 2. The summed E-state index contributed by atoms with van der Waals surface area (Å²) in [6.07, 6.45) is 0. The number of amides is 1. The Labute approximate surface area is 141 Å². The van der Waals surface area contributed by atoms with Gasteiger partial charge in [0.2, 0.25) is 0 Å². The van der Waals surface area contributed by atoms with Crippen LogP contribution in [0.3, 0.4) is 0 Å². The molecule has 1 aliphatic rings. The lowest BCUT2D eigenvalue weighted by Gasteiger charge is -2.21. The van der Waals surface area contributed by atoms with Crippen LogP contribution >= 0.6 is 0 Å². The van der Waals surface area contributed by atoms with Gasteiger partial charge in [-0.05, 0) is 18.1 Å². The van der Waals surface area contributed by atoms with Crippen LogP contribution in [-0.4, -0.2) is 23.6 Å². The smallest absolute Gasteiger partial charge is 0.295 e. The Balaban J connectivity index is 1.92. The number of nitrogens with zero attached hydrogens (tertiary/aromatic N) is 1. The van der Waals surface area contributed by atoms with Crippen molar-refractivity contribution in [3.8, 4) is 0 Å². The Hall–Kier alpha value is -2.88. The van der Waals surface area contributed by atoms with Crippen LogP contribution < -0.4 is 5.32 Å². The molecule has 122 valence electrons. The van der Waals surface area contributed by atoms with Crippen molar-refractivity contribution in [2.75, 3.05) is 7.05 Å². The zero-order valence-electron chi connectivity index (χ0n) is 13.8. The van der Waals surface area contributed by atoms with Gasteiger partial charge in [0, 0.05) is 19.3 Å². The first-order valence-corrected chi connectivity index (χ1v) is 7.94. The quantitative estimate of drug-likeness (QED) is 0.696. The fourth-order valence-corrected chi connectivity index (χ4v) is 3.04. The monoisotopic (exact) mass is 320 g/mol. The van der Waals surface area contributed by atoms with Crippen LogP contribution in [0.5, 0.6) is 0 Å². The van der Waals surface area contributed by atoms with Crippen LogP contribution in [0.4, 0.5) is 0 Å². The fraction of sp³-hybridized carbons (Fsp3) is 0.200. The second kappa shape index (κ2) is 6.71. The van der Waals surface area contributed by atoms with E-state index in [0.29, 0.717) is 12.1 Å².